The largest absolute Gasteiger partial charge is 0.323 e. The Morgan fingerprint density at radius 3 is 2.54 bits per heavy atom. The molecule has 0 radical (unpaired) electrons. The summed E-state index contributed by atoms with van der Waals surface area (Å²) >= 11 is 0. The van der Waals surface area contributed by atoms with Gasteiger partial charge in [0.25, 0.3) is 5.56 Å². The van der Waals surface area contributed by atoms with Crippen molar-refractivity contribution in [3.05, 3.63) is 46.1 Å². The van der Waals surface area contributed by atoms with Gasteiger partial charge in [0.05, 0.1) is 5.69 Å². The quantitative estimate of drug-likeness (QED) is 0.655. The van der Waals surface area contributed by atoms with Crippen LogP contribution in [0.25, 0.3) is 10.8 Å². The summed E-state index contributed by atoms with van der Waals surface area (Å²) in [5.41, 5.74) is 0.0400. The second-order valence-corrected chi connectivity index (χ2v) is 2.94. The Balaban J connectivity index is 3.06. The lowest BCUT2D eigenvalue weighted by molar-refractivity contribution is 0.621. The number of H-pyrrole nitrogens is 1. The van der Waals surface area contributed by atoms with Crippen LogP contribution < -0.4 is 5.56 Å². The van der Waals surface area contributed by atoms with Crippen LogP contribution in [0.5, 0.6) is 0 Å². The smallest absolute Gasteiger partial charge is 0.256 e. The van der Waals surface area contributed by atoms with Gasteiger partial charge < -0.3 is 4.98 Å². The third-order valence-electron chi connectivity index (χ3n) is 2.04. The number of benzene rings is 1. The summed E-state index contributed by atoms with van der Waals surface area (Å²) in [6.07, 6.45) is 0. The monoisotopic (exact) mass is 177 g/mol. The zero-order valence-corrected chi connectivity index (χ0v) is 7.10. The van der Waals surface area contributed by atoms with Gasteiger partial charge in [-0.3, -0.25) is 4.79 Å². The van der Waals surface area contributed by atoms with E-state index < -0.39 is 0 Å². The van der Waals surface area contributed by atoms with Gasteiger partial charge in [0, 0.05) is 10.8 Å². The molecule has 0 atom stereocenters. The zero-order valence-electron chi connectivity index (χ0n) is 7.10. The number of halogens is 1. The van der Waals surface area contributed by atoms with Gasteiger partial charge in [-0.05, 0) is 13.0 Å². The Hall–Kier alpha value is -1.64. The summed E-state index contributed by atoms with van der Waals surface area (Å²) in [6.45, 7) is 1.54. The van der Waals surface area contributed by atoms with Crippen LogP contribution in [-0.2, 0) is 0 Å². The summed E-state index contributed by atoms with van der Waals surface area (Å²) in [5, 5.41) is 0.773. The first-order valence-electron chi connectivity index (χ1n) is 3.97. The van der Waals surface area contributed by atoms with Crippen molar-refractivity contribution in [1.82, 2.24) is 4.98 Å². The van der Waals surface area contributed by atoms with Crippen LogP contribution in [0.3, 0.4) is 0 Å². The molecule has 0 spiro atoms. The lowest BCUT2D eigenvalue weighted by atomic mass is 10.1. The predicted octanol–water partition coefficient (Wildman–Crippen LogP) is 1.98. The second-order valence-electron chi connectivity index (χ2n) is 2.94. The molecule has 0 aliphatic carbocycles. The standard InChI is InChI=1S/C10H8FNO/c1-6-9(11)7-4-2-3-5-8(7)10(13)12-6/h2-5H,1H3,(H,12,13). The van der Waals surface area contributed by atoms with Crippen molar-refractivity contribution in [2.24, 2.45) is 0 Å². The maximum atomic E-state index is 13.4. The number of hydrogen-bond donors (Lipinski definition) is 1. The molecule has 0 amide bonds. The van der Waals surface area contributed by atoms with E-state index in [1.807, 2.05) is 0 Å². The normalized spacial score (nSPS) is 10.6. The van der Waals surface area contributed by atoms with Crippen LogP contribution in [0.15, 0.2) is 29.1 Å². The number of rotatable bonds is 0. The minimum Gasteiger partial charge on any atom is -0.323 e. The van der Waals surface area contributed by atoms with Gasteiger partial charge in [-0.1, -0.05) is 18.2 Å². The summed E-state index contributed by atoms with van der Waals surface area (Å²) in [7, 11) is 0. The Morgan fingerprint density at radius 1 is 1.23 bits per heavy atom. The number of hydrogen-bond acceptors (Lipinski definition) is 1. The van der Waals surface area contributed by atoms with Gasteiger partial charge >= 0.3 is 0 Å². The van der Waals surface area contributed by atoms with Gasteiger partial charge in [-0.25, -0.2) is 4.39 Å². The third-order valence-corrected chi connectivity index (χ3v) is 2.04. The minimum atomic E-state index is -0.352. The number of aromatic amines is 1. The first kappa shape index (κ1) is 7.98. The molecule has 2 rings (SSSR count). The molecule has 1 aromatic heterocycles. The third kappa shape index (κ3) is 1.13. The summed E-state index contributed by atoms with van der Waals surface area (Å²) < 4.78 is 13.4. The molecule has 1 aromatic carbocycles. The van der Waals surface area contributed by atoms with Gasteiger partial charge in [0.1, 0.15) is 5.82 Å². The van der Waals surface area contributed by atoms with E-state index in [0.717, 1.165) is 0 Å². The van der Waals surface area contributed by atoms with Crippen molar-refractivity contribution in [3.8, 4) is 0 Å². The van der Waals surface area contributed by atoms with Gasteiger partial charge in [0.2, 0.25) is 0 Å². The van der Waals surface area contributed by atoms with Crippen LogP contribution in [0.1, 0.15) is 5.69 Å². The number of aromatic nitrogens is 1. The highest BCUT2D eigenvalue weighted by Gasteiger charge is 2.06. The van der Waals surface area contributed by atoms with Crippen LogP contribution in [0, 0.1) is 12.7 Å². The average Bonchev–Trinajstić information content (AvgIpc) is 2.15. The highest BCUT2D eigenvalue weighted by molar-refractivity contribution is 5.82. The van der Waals surface area contributed by atoms with Crippen LogP contribution in [0.2, 0.25) is 0 Å². The lowest BCUT2D eigenvalue weighted by Gasteiger charge is -2.00. The Morgan fingerprint density at radius 2 is 1.85 bits per heavy atom. The molecule has 0 bridgehead atoms. The fourth-order valence-electron chi connectivity index (χ4n) is 1.37. The zero-order chi connectivity index (χ0) is 9.42. The molecular formula is C10H8FNO. The van der Waals surface area contributed by atoms with Gasteiger partial charge in [-0.15, -0.1) is 0 Å². The summed E-state index contributed by atoms with van der Waals surface area (Å²) in [6, 6.07) is 6.64. The molecule has 0 fully saturated rings. The topological polar surface area (TPSA) is 32.9 Å². The summed E-state index contributed by atoms with van der Waals surface area (Å²) in [5.74, 6) is -0.352. The highest BCUT2D eigenvalue weighted by Crippen LogP contribution is 2.14. The molecule has 1 heterocycles. The van der Waals surface area contributed by atoms with Gasteiger partial charge in [0.15, 0.2) is 0 Å². The molecule has 2 aromatic rings. The molecule has 0 saturated carbocycles. The van der Waals surface area contributed by atoms with Crippen molar-refractivity contribution in [3.63, 3.8) is 0 Å². The van der Waals surface area contributed by atoms with Crippen LogP contribution in [0.4, 0.5) is 4.39 Å². The molecule has 1 N–H and O–H groups in total. The molecule has 13 heavy (non-hydrogen) atoms. The molecule has 0 saturated heterocycles. The summed E-state index contributed by atoms with van der Waals surface area (Å²) in [4.78, 5) is 13.8. The van der Waals surface area contributed by atoms with E-state index in [-0.39, 0.29) is 17.1 Å². The maximum absolute atomic E-state index is 13.4. The fraction of sp³-hybridized carbons (Fsp3) is 0.100. The SMILES string of the molecule is Cc1[nH]c(=O)c2ccccc2c1F. The van der Waals surface area contributed by atoms with E-state index in [1.54, 1.807) is 31.2 Å². The van der Waals surface area contributed by atoms with Crippen molar-refractivity contribution in [2.45, 2.75) is 6.92 Å². The number of pyridine rings is 1. The van der Waals surface area contributed by atoms with Gasteiger partial charge in [-0.2, -0.15) is 0 Å². The first-order valence-corrected chi connectivity index (χ1v) is 3.97. The molecule has 2 nitrogen and oxygen atoms in total. The predicted molar refractivity (Wildman–Crippen MR) is 49.3 cm³/mol. The number of aryl methyl sites for hydroxylation is 1. The number of nitrogens with one attached hydrogen (secondary N) is 1. The second kappa shape index (κ2) is 2.69. The average molecular weight is 177 g/mol. The van der Waals surface area contributed by atoms with Crippen molar-refractivity contribution in [2.75, 3.05) is 0 Å². The minimum absolute atomic E-state index is 0.241. The Bertz CT molecular complexity index is 516. The first-order chi connectivity index (χ1) is 6.20. The van der Waals surface area contributed by atoms with Crippen LogP contribution in [-0.4, -0.2) is 4.98 Å². The lowest BCUT2D eigenvalue weighted by Crippen LogP contribution is -2.09. The van der Waals surface area contributed by atoms with E-state index in [2.05, 4.69) is 4.98 Å². The van der Waals surface area contributed by atoms with Crippen molar-refractivity contribution in [1.29, 1.82) is 0 Å². The van der Waals surface area contributed by atoms with E-state index in [0.29, 0.717) is 10.8 Å². The molecule has 0 unspecified atom stereocenters. The molecule has 0 aliphatic heterocycles. The van der Waals surface area contributed by atoms with E-state index in [9.17, 15) is 9.18 Å². The molecule has 66 valence electrons. The van der Waals surface area contributed by atoms with Crippen molar-refractivity contribution >= 4 is 10.8 Å². The molecule has 0 aliphatic rings. The molecule has 3 heteroatoms. The van der Waals surface area contributed by atoms with E-state index in [4.69, 9.17) is 0 Å². The molecular weight excluding hydrogens is 169 g/mol. The fourth-order valence-corrected chi connectivity index (χ4v) is 1.37. The van der Waals surface area contributed by atoms with E-state index in [1.165, 1.54) is 0 Å². The number of fused-ring (bicyclic) bond motifs is 1. The van der Waals surface area contributed by atoms with E-state index >= 15 is 0 Å². The Kier molecular flexibility index (Phi) is 1.65. The highest BCUT2D eigenvalue weighted by atomic mass is 19.1. The Labute approximate surface area is 74.0 Å². The van der Waals surface area contributed by atoms with Crippen LogP contribution >= 0.6 is 0 Å². The maximum Gasteiger partial charge on any atom is 0.256 e. The van der Waals surface area contributed by atoms with Crippen molar-refractivity contribution < 1.29 is 4.39 Å².